The normalized spacial score (nSPS) is 13.9. The number of rotatable bonds is 43. The molecule has 0 aliphatic rings. The van der Waals surface area contributed by atoms with Crippen LogP contribution in [0.3, 0.4) is 0 Å². The molecule has 0 rings (SSSR count). The highest BCUT2D eigenvalue weighted by atomic mass is 31.2. The molecule has 2 atom stereocenters. The standard InChI is InChI=1S/C49H86NO8P/c1-3-5-7-9-11-13-15-17-19-21-23-25-27-29-31-33-35-37-39-41-48(51)55-45-47(46-57-59(53,54)56-44-43-50)58-49(52)42-40-38-36-34-32-30-28-26-24-22-20-18-16-14-12-10-8-6-4-2/h11-14,17-20,23,25,29,31,47H,3-10,15-16,21-22,24,26-28,30,32-46,50H2,1-2H3,(H,53,54)/b13-11-,14-12-,19-17-,20-18-,25-23-,31-29-/t47-/m1/s1. The van der Waals surface area contributed by atoms with Crippen molar-refractivity contribution in [3.63, 3.8) is 0 Å². The Balaban J connectivity index is 4.19. The van der Waals surface area contributed by atoms with Crippen molar-refractivity contribution < 1.29 is 37.6 Å². The van der Waals surface area contributed by atoms with Gasteiger partial charge in [-0.2, -0.15) is 0 Å². The topological polar surface area (TPSA) is 134 Å². The van der Waals surface area contributed by atoms with Gasteiger partial charge < -0.3 is 20.1 Å². The molecule has 0 amide bonds. The van der Waals surface area contributed by atoms with Crippen LogP contribution in [-0.4, -0.2) is 49.3 Å². The average Bonchev–Trinajstić information content (AvgIpc) is 3.22. The van der Waals surface area contributed by atoms with Crippen LogP contribution in [-0.2, 0) is 32.7 Å². The van der Waals surface area contributed by atoms with E-state index in [1.165, 1.54) is 83.5 Å². The number of ether oxygens (including phenoxy) is 2. The first-order valence-electron chi connectivity index (χ1n) is 23.4. The summed E-state index contributed by atoms with van der Waals surface area (Å²) in [6.07, 6.45) is 55.0. The van der Waals surface area contributed by atoms with Crippen LogP contribution in [0.1, 0.15) is 194 Å². The van der Waals surface area contributed by atoms with Gasteiger partial charge in [0.25, 0.3) is 0 Å². The number of hydrogen-bond acceptors (Lipinski definition) is 8. The SMILES string of the molecule is CCCCC/C=C\C/C=C\C/C=C\C/C=C\CCCCCC(=O)OC[C@H](COP(=O)(O)OCCN)OC(=O)CCCCCCCCCCC/C=C\C/C=C\CCCCC. The molecule has 0 saturated heterocycles. The van der Waals surface area contributed by atoms with Gasteiger partial charge in [-0.1, -0.05) is 164 Å². The quantitative estimate of drug-likeness (QED) is 0.0266. The maximum Gasteiger partial charge on any atom is 0.472 e. The highest BCUT2D eigenvalue weighted by Gasteiger charge is 2.26. The van der Waals surface area contributed by atoms with Gasteiger partial charge >= 0.3 is 19.8 Å². The Hall–Kier alpha value is -2.55. The molecular weight excluding hydrogens is 762 g/mol. The minimum atomic E-state index is -4.39. The molecule has 0 saturated carbocycles. The molecule has 3 N–H and O–H groups in total. The molecule has 0 spiro atoms. The van der Waals surface area contributed by atoms with Crippen molar-refractivity contribution in [2.24, 2.45) is 5.73 Å². The van der Waals surface area contributed by atoms with E-state index in [0.717, 1.165) is 70.6 Å². The number of unbranched alkanes of at least 4 members (excludes halogenated alkanes) is 18. The summed E-state index contributed by atoms with van der Waals surface area (Å²) in [5.74, 6) is -0.872. The van der Waals surface area contributed by atoms with E-state index in [9.17, 15) is 19.0 Å². The lowest BCUT2D eigenvalue weighted by Crippen LogP contribution is -2.29. The Labute approximate surface area is 361 Å². The third-order valence-corrected chi connectivity index (χ3v) is 10.5. The Kier molecular flexibility index (Phi) is 43.0. The largest absolute Gasteiger partial charge is 0.472 e. The summed E-state index contributed by atoms with van der Waals surface area (Å²) in [5, 5.41) is 0. The number of carbonyl (C=O) groups is 2. The van der Waals surface area contributed by atoms with Crippen LogP contribution < -0.4 is 5.73 Å². The van der Waals surface area contributed by atoms with Gasteiger partial charge in [-0.15, -0.1) is 0 Å². The van der Waals surface area contributed by atoms with Crippen LogP contribution >= 0.6 is 7.82 Å². The van der Waals surface area contributed by atoms with Crippen LogP contribution in [0, 0.1) is 0 Å². The van der Waals surface area contributed by atoms with Gasteiger partial charge in [0.1, 0.15) is 6.61 Å². The van der Waals surface area contributed by atoms with Crippen LogP contribution in [0.25, 0.3) is 0 Å². The molecule has 0 aliphatic heterocycles. The van der Waals surface area contributed by atoms with E-state index in [-0.39, 0.29) is 32.6 Å². The van der Waals surface area contributed by atoms with E-state index in [1.807, 2.05) is 0 Å². The van der Waals surface area contributed by atoms with Crippen molar-refractivity contribution >= 4 is 19.8 Å². The molecule has 340 valence electrons. The summed E-state index contributed by atoms with van der Waals surface area (Å²) in [6.45, 7) is 3.64. The molecule has 0 aromatic carbocycles. The van der Waals surface area contributed by atoms with Gasteiger partial charge in [0.15, 0.2) is 6.10 Å². The number of allylic oxidation sites excluding steroid dienone is 12. The van der Waals surface area contributed by atoms with Crippen molar-refractivity contribution in [2.45, 2.75) is 200 Å². The fourth-order valence-electron chi connectivity index (χ4n) is 6.06. The maximum absolute atomic E-state index is 12.6. The van der Waals surface area contributed by atoms with Gasteiger partial charge in [-0.3, -0.25) is 18.6 Å². The van der Waals surface area contributed by atoms with E-state index in [0.29, 0.717) is 12.8 Å². The molecule has 0 bridgehead atoms. The molecule has 0 fully saturated rings. The summed E-state index contributed by atoms with van der Waals surface area (Å²) < 4.78 is 32.8. The van der Waals surface area contributed by atoms with Crippen molar-refractivity contribution in [1.29, 1.82) is 0 Å². The van der Waals surface area contributed by atoms with Crippen molar-refractivity contribution in [3.8, 4) is 0 Å². The van der Waals surface area contributed by atoms with Gasteiger partial charge in [0, 0.05) is 19.4 Å². The van der Waals surface area contributed by atoms with Crippen molar-refractivity contribution in [1.82, 2.24) is 0 Å². The predicted molar refractivity (Wildman–Crippen MR) is 247 cm³/mol. The van der Waals surface area contributed by atoms with E-state index >= 15 is 0 Å². The lowest BCUT2D eigenvalue weighted by Gasteiger charge is -2.19. The molecular formula is C49H86NO8P. The summed E-state index contributed by atoms with van der Waals surface area (Å²) in [7, 11) is -4.39. The summed E-state index contributed by atoms with van der Waals surface area (Å²) in [6, 6.07) is 0. The van der Waals surface area contributed by atoms with Gasteiger partial charge in [-0.25, -0.2) is 4.57 Å². The van der Waals surface area contributed by atoms with Crippen molar-refractivity contribution in [2.75, 3.05) is 26.4 Å². The Bertz CT molecular complexity index is 1190. The lowest BCUT2D eigenvalue weighted by atomic mass is 10.1. The van der Waals surface area contributed by atoms with E-state index < -0.39 is 32.5 Å². The van der Waals surface area contributed by atoms with E-state index in [4.69, 9.17) is 24.3 Å². The van der Waals surface area contributed by atoms with Crippen LogP contribution in [0.5, 0.6) is 0 Å². The first-order chi connectivity index (χ1) is 28.8. The molecule has 0 aromatic heterocycles. The monoisotopic (exact) mass is 848 g/mol. The predicted octanol–water partition coefficient (Wildman–Crippen LogP) is 13.8. The van der Waals surface area contributed by atoms with Crippen LogP contribution in [0.2, 0.25) is 0 Å². The van der Waals surface area contributed by atoms with Crippen LogP contribution in [0.4, 0.5) is 0 Å². The second-order valence-corrected chi connectivity index (χ2v) is 16.7. The number of hydrogen-bond donors (Lipinski definition) is 2. The van der Waals surface area contributed by atoms with E-state index in [2.05, 4.69) is 86.8 Å². The smallest absolute Gasteiger partial charge is 0.462 e. The molecule has 10 heteroatoms. The number of phosphoric ester groups is 1. The Morgan fingerprint density at radius 3 is 1.32 bits per heavy atom. The zero-order valence-electron chi connectivity index (χ0n) is 37.5. The minimum Gasteiger partial charge on any atom is -0.462 e. The Morgan fingerprint density at radius 2 is 0.881 bits per heavy atom. The summed E-state index contributed by atoms with van der Waals surface area (Å²) in [4.78, 5) is 35.0. The third-order valence-electron chi connectivity index (χ3n) is 9.56. The molecule has 1 unspecified atom stereocenters. The molecule has 0 aromatic rings. The molecule has 0 heterocycles. The highest BCUT2D eigenvalue weighted by Crippen LogP contribution is 2.43. The van der Waals surface area contributed by atoms with Gasteiger partial charge in [0.05, 0.1) is 13.2 Å². The first-order valence-corrected chi connectivity index (χ1v) is 24.9. The zero-order chi connectivity index (χ0) is 43.2. The van der Waals surface area contributed by atoms with Gasteiger partial charge in [-0.05, 0) is 89.9 Å². The number of phosphoric acid groups is 1. The Morgan fingerprint density at radius 1 is 0.508 bits per heavy atom. The van der Waals surface area contributed by atoms with Crippen LogP contribution in [0.15, 0.2) is 72.9 Å². The first kappa shape index (κ1) is 56.5. The fourth-order valence-corrected chi connectivity index (χ4v) is 6.82. The molecule has 0 radical (unpaired) electrons. The van der Waals surface area contributed by atoms with Gasteiger partial charge in [0.2, 0.25) is 0 Å². The summed E-state index contributed by atoms with van der Waals surface area (Å²) in [5.41, 5.74) is 5.35. The third kappa shape index (κ3) is 44.8. The zero-order valence-corrected chi connectivity index (χ0v) is 38.4. The second kappa shape index (κ2) is 45.0. The summed E-state index contributed by atoms with van der Waals surface area (Å²) >= 11 is 0. The number of nitrogens with two attached hydrogens (primary N) is 1. The highest BCUT2D eigenvalue weighted by molar-refractivity contribution is 7.47. The molecule has 59 heavy (non-hydrogen) atoms. The minimum absolute atomic E-state index is 0.0447. The maximum atomic E-state index is 12.6. The lowest BCUT2D eigenvalue weighted by molar-refractivity contribution is -0.161. The second-order valence-electron chi connectivity index (χ2n) is 15.3. The molecule has 9 nitrogen and oxygen atoms in total. The molecule has 0 aliphatic carbocycles. The number of carbonyl (C=O) groups excluding carboxylic acids is 2. The van der Waals surface area contributed by atoms with Crippen molar-refractivity contribution in [3.05, 3.63) is 72.9 Å². The average molecular weight is 848 g/mol. The van der Waals surface area contributed by atoms with E-state index in [1.54, 1.807) is 0 Å². The fraction of sp³-hybridized carbons (Fsp3) is 0.714. The number of esters is 2.